The number of rotatable bonds is 5. The van der Waals surface area contributed by atoms with Gasteiger partial charge in [0.1, 0.15) is 0 Å². The maximum atomic E-state index is 13.9. The van der Waals surface area contributed by atoms with E-state index in [4.69, 9.17) is 11.6 Å². The molecule has 1 fully saturated rings. The number of hydrogen-bond acceptors (Lipinski definition) is 3. The van der Waals surface area contributed by atoms with Gasteiger partial charge in [-0.3, -0.25) is 4.99 Å². The summed E-state index contributed by atoms with van der Waals surface area (Å²) in [5, 5.41) is 7.47. The Morgan fingerprint density at radius 3 is 2.81 bits per heavy atom. The smallest absolute Gasteiger partial charge is 0.191 e. The Bertz CT molecular complexity index is 756. The molecule has 0 spiro atoms. The molecule has 3 rings (SSSR count). The molecule has 0 radical (unpaired) electrons. The second-order valence-corrected chi connectivity index (χ2v) is 6.70. The van der Waals surface area contributed by atoms with E-state index in [-0.39, 0.29) is 35.8 Å². The molecule has 1 saturated heterocycles. The lowest BCUT2D eigenvalue weighted by molar-refractivity contribution is 0.612. The molecule has 1 unspecified atom stereocenters. The van der Waals surface area contributed by atoms with Crippen molar-refractivity contribution in [2.75, 3.05) is 31.6 Å². The van der Waals surface area contributed by atoms with Gasteiger partial charge < -0.3 is 15.5 Å². The monoisotopic (exact) mass is 503 g/mol. The molecular formula is C19H24ClFIN5. The Kier molecular flexibility index (Phi) is 8.56. The first kappa shape index (κ1) is 21.7. The van der Waals surface area contributed by atoms with Crippen LogP contribution in [0.5, 0.6) is 0 Å². The summed E-state index contributed by atoms with van der Waals surface area (Å²) in [5.41, 5.74) is 1.22. The molecule has 0 amide bonds. The third-order valence-corrected chi connectivity index (χ3v) is 4.66. The van der Waals surface area contributed by atoms with Crippen LogP contribution in [0.1, 0.15) is 12.0 Å². The van der Waals surface area contributed by atoms with Crippen LogP contribution in [-0.4, -0.2) is 43.7 Å². The van der Waals surface area contributed by atoms with Crippen LogP contribution >= 0.6 is 35.6 Å². The number of hydrogen-bond donors (Lipinski definition) is 2. The van der Waals surface area contributed by atoms with Crippen molar-refractivity contribution in [2.45, 2.75) is 18.9 Å². The summed E-state index contributed by atoms with van der Waals surface area (Å²) in [6.07, 6.45) is 3.41. The van der Waals surface area contributed by atoms with Gasteiger partial charge in [-0.1, -0.05) is 23.7 Å². The third kappa shape index (κ3) is 6.21. The highest BCUT2D eigenvalue weighted by molar-refractivity contribution is 14.0. The number of nitrogens with zero attached hydrogens (tertiary/aromatic N) is 3. The number of anilines is 1. The van der Waals surface area contributed by atoms with Crippen LogP contribution in [0.4, 0.5) is 10.2 Å². The van der Waals surface area contributed by atoms with E-state index in [1.807, 2.05) is 29.2 Å². The molecule has 2 heterocycles. The SMILES string of the molecule is CN=C(NCCc1ccc(Cl)cc1)NC1CCN(c2ncccc2F)C1.I. The first-order valence-electron chi connectivity index (χ1n) is 8.73. The fourth-order valence-electron chi connectivity index (χ4n) is 3.04. The Labute approximate surface area is 181 Å². The number of aromatic nitrogens is 1. The van der Waals surface area contributed by atoms with E-state index in [2.05, 4.69) is 20.6 Å². The first-order valence-corrected chi connectivity index (χ1v) is 9.10. The zero-order valence-electron chi connectivity index (χ0n) is 15.2. The topological polar surface area (TPSA) is 52.6 Å². The molecule has 0 saturated carbocycles. The van der Waals surface area contributed by atoms with Gasteiger partial charge in [0.15, 0.2) is 17.6 Å². The molecule has 1 aromatic carbocycles. The van der Waals surface area contributed by atoms with Crippen molar-refractivity contribution >= 4 is 47.4 Å². The lowest BCUT2D eigenvalue weighted by Crippen LogP contribution is -2.45. The average Bonchev–Trinajstić information content (AvgIpc) is 3.11. The normalized spacial score (nSPS) is 16.8. The van der Waals surface area contributed by atoms with Gasteiger partial charge in [-0.15, -0.1) is 24.0 Å². The van der Waals surface area contributed by atoms with Crippen LogP contribution in [0.25, 0.3) is 0 Å². The Morgan fingerprint density at radius 1 is 1.33 bits per heavy atom. The van der Waals surface area contributed by atoms with E-state index in [0.29, 0.717) is 12.4 Å². The second kappa shape index (κ2) is 10.7. The highest BCUT2D eigenvalue weighted by Crippen LogP contribution is 2.20. The average molecular weight is 504 g/mol. The maximum Gasteiger partial charge on any atom is 0.191 e. The molecule has 5 nitrogen and oxygen atoms in total. The zero-order valence-corrected chi connectivity index (χ0v) is 18.2. The summed E-state index contributed by atoms with van der Waals surface area (Å²) in [5.74, 6) is 0.897. The molecule has 0 bridgehead atoms. The van der Waals surface area contributed by atoms with Crippen molar-refractivity contribution in [3.05, 3.63) is 59.0 Å². The van der Waals surface area contributed by atoms with Gasteiger partial charge in [0.25, 0.3) is 0 Å². The van der Waals surface area contributed by atoms with Gasteiger partial charge in [-0.2, -0.15) is 0 Å². The molecule has 1 atom stereocenters. The fourth-order valence-corrected chi connectivity index (χ4v) is 3.17. The van der Waals surface area contributed by atoms with E-state index < -0.39 is 0 Å². The van der Waals surface area contributed by atoms with Crippen LogP contribution < -0.4 is 15.5 Å². The molecule has 2 N–H and O–H groups in total. The van der Waals surface area contributed by atoms with E-state index in [0.717, 1.165) is 36.9 Å². The van der Waals surface area contributed by atoms with Crippen molar-refractivity contribution in [3.8, 4) is 0 Å². The van der Waals surface area contributed by atoms with Gasteiger partial charge in [0.05, 0.1) is 0 Å². The van der Waals surface area contributed by atoms with Crippen LogP contribution in [0, 0.1) is 5.82 Å². The third-order valence-electron chi connectivity index (χ3n) is 4.41. The summed E-state index contributed by atoms with van der Waals surface area (Å²) in [4.78, 5) is 10.4. The summed E-state index contributed by atoms with van der Waals surface area (Å²) in [6, 6.07) is 11.1. The van der Waals surface area contributed by atoms with Gasteiger partial charge >= 0.3 is 0 Å². The first-order chi connectivity index (χ1) is 12.7. The van der Waals surface area contributed by atoms with Crippen LogP contribution in [0.3, 0.4) is 0 Å². The summed E-state index contributed by atoms with van der Waals surface area (Å²) < 4.78 is 13.9. The van der Waals surface area contributed by atoms with Crippen LogP contribution in [0.15, 0.2) is 47.6 Å². The molecule has 27 heavy (non-hydrogen) atoms. The van der Waals surface area contributed by atoms with Crippen molar-refractivity contribution < 1.29 is 4.39 Å². The number of nitrogens with one attached hydrogen (secondary N) is 2. The fraction of sp³-hybridized carbons (Fsp3) is 0.368. The summed E-state index contributed by atoms with van der Waals surface area (Å²) in [7, 11) is 1.75. The van der Waals surface area contributed by atoms with Crippen LogP contribution in [0.2, 0.25) is 5.02 Å². The highest BCUT2D eigenvalue weighted by Gasteiger charge is 2.25. The molecule has 1 aromatic heterocycles. The molecule has 1 aliphatic rings. The van der Waals surface area contributed by atoms with Crippen LogP contribution in [-0.2, 0) is 6.42 Å². The van der Waals surface area contributed by atoms with E-state index in [1.54, 1.807) is 19.3 Å². The van der Waals surface area contributed by atoms with Crippen molar-refractivity contribution in [3.63, 3.8) is 0 Å². The molecule has 146 valence electrons. The lowest BCUT2D eigenvalue weighted by Gasteiger charge is -2.20. The molecule has 8 heteroatoms. The van der Waals surface area contributed by atoms with E-state index >= 15 is 0 Å². The summed E-state index contributed by atoms with van der Waals surface area (Å²) in [6.45, 7) is 2.24. The standard InChI is InChI=1S/C19H23ClFN5.HI/c1-22-19(24-11-8-14-4-6-15(20)7-5-14)25-16-9-12-26(13-16)18-17(21)3-2-10-23-18;/h2-7,10,16H,8-9,11-13H2,1H3,(H2,22,24,25);1H. The predicted molar refractivity (Wildman–Crippen MR) is 120 cm³/mol. The number of guanidine groups is 1. The Balaban J connectivity index is 0.00000261. The van der Waals surface area contributed by atoms with E-state index in [9.17, 15) is 4.39 Å². The van der Waals surface area contributed by atoms with Gasteiger partial charge in [-0.05, 0) is 42.7 Å². The summed E-state index contributed by atoms with van der Waals surface area (Å²) >= 11 is 5.90. The van der Waals surface area contributed by atoms with E-state index in [1.165, 1.54) is 11.6 Å². The number of aliphatic imine (C=N–C) groups is 1. The van der Waals surface area contributed by atoms with Crippen molar-refractivity contribution in [1.29, 1.82) is 0 Å². The molecule has 1 aliphatic heterocycles. The number of pyridine rings is 1. The largest absolute Gasteiger partial charge is 0.356 e. The Hall–Kier alpha value is -1.61. The second-order valence-electron chi connectivity index (χ2n) is 6.26. The van der Waals surface area contributed by atoms with Gasteiger partial charge in [0, 0.05) is 43.9 Å². The predicted octanol–water partition coefficient (Wildman–Crippen LogP) is 3.48. The zero-order chi connectivity index (χ0) is 18.4. The van der Waals surface area contributed by atoms with Gasteiger partial charge in [0.2, 0.25) is 0 Å². The number of benzene rings is 1. The molecule has 0 aliphatic carbocycles. The minimum Gasteiger partial charge on any atom is -0.356 e. The quantitative estimate of drug-likeness (QED) is 0.373. The van der Waals surface area contributed by atoms with Crippen molar-refractivity contribution in [1.82, 2.24) is 15.6 Å². The minimum atomic E-state index is -0.279. The molecular weight excluding hydrogens is 480 g/mol. The van der Waals surface area contributed by atoms with Gasteiger partial charge in [-0.25, -0.2) is 9.37 Å². The van der Waals surface area contributed by atoms with Crippen molar-refractivity contribution in [2.24, 2.45) is 4.99 Å². The number of halogens is 3. The lowest BCUT2D eigenvalue weighted by atomic mass is 10.1. The Morgan fingerprint density at radius 2 is 2.11 bits per heavy atom. The molecule has 2 aromatic rings. The highest BCUT2D eigenvalue weighted by atomic mass is 127. The minimum absolute atomic E-state index is 0. The maximum absolute atomic E-state index is 13.9.